The van der Waals surface area contributed by atoms with Crippen molar-refractivity contribution in [2.45, 2.75) is 50.4 Å². The highest BCUT2D eigenvalue weighted by atomic mass is 79.9. The van der Waals surface area contributed by atoms with Gasteiger partial charge in [-0.1, -0.05) is 22.9 Å². The highest BCUT2D eigenvalue weighted by Crippen LogP contribution is 2.20. The van der Waals surface area contributed by atoms with Crippen molar-refractivity contribution in [3.05, 3.63) is 0 Å². The van der Waals surface area contributed by atoms with Gasteiger partial charge in [-0.2, -0.15) is 0 Å². The van der Waals surface area contributed by atoms with Crippen LogP contribution in [0.3, 0.4) is 0 Å². The Hall–Kier alpha value is -0.0900. The minimum atomic E-state index is -0.557. The maximum atomic E-state index is 11.7. The fourth-order valence-electron chi connectivity index (χ4n) is 0.997. The van der Waals surface area contributed by atoms with Gasteiger partial charge in [-0.25, -0.2) is 0 Å². The van der Waals surface area contributed by atoms with Crippen LogP contribution in [0.5, 0.6) is 0 Å². The number of aliphatic hydroxyl groups excluding tert-OH is 1. The summed E-state index contributed by atoms with van der Waals surface area (Å²) in [6, 6.07) is 0. The number of halogens is 1. The Bertz CT molecular complexity index is 201. The maximum Gasteiger partial charge on any atom is 0.236 e. The summed E-state index contributed by atoms with van der Waals surface area (Å²) in [6.45, 7) is 7.64. The Morgan fingerprint density at radius 1 is 1.43 bits per heavy atom. The molecule has 4 heteroatoms. The van der Waals surface area contributed by atoms with Crippen molar-refractivity contribution < 1.29 is 9.90 Å². The number of aliphatic hydroxyl groups is 1. The van der Waals surface area contributed by atoms with E-state index in [4.69, 9.17) is 5.11 Å². The first-order valence-corrected chi connectivity index (χ1v) is 5.67. The van der Waals surface area contributed by atoms with Gasteiger partial charge in [-0.05, 0) is 33.6 Å². The fraction of sp³-hybridized carbons (Fsp3) is 0.900. The molecule has 14 heavy (non-hydrogen) atoms. The second kappa shape index (κ2) is 5.12. The summed E-state index contributed by atoms with van der Waals surface area (Å²) in [4.78, 5) is 11.7. The minimum Gasteiger partial charge on any atom is -0.396 e. The summed E-state index contributed by atoms with van der Waals surface area (Å²) in [7, 11) is 0. The van der Waals surface area contributed by atoms with E-state index in [2.05, 4.69) is 21.2 Å². The molecule has 0 aromatic carbocycles. The lowest BCUT2D eigenvalue weighted by molar-refractivity contribution is -0.124. The van der Waals surface area contributed by atoms with E-state index in [1.807, 2.05) is 13.8 Å². The topological polar surface area (TPSA) is 49.3 Å². The largest absolute Gasteiger partial charge is 0.396 e. The van der Waals surface area contributed by atoms with Crippen LogP contribution in [0.4, 0.5) is 0 Å². The van der Waals surface area contributed by atoms with E-state index in [0.717, 1.165) is 6.42 Å². The average molecular weight is 266 g/mol. The molecule has 0 aliphatic rings. The Kier molecular flexibility index (Phi) is 5.09. The predicted octanol–water partition coefficient (Wildman–Crippen LogP) is 1.83. The lowest BCUT2D eigenvalue weighted by atomic mass is 9.94. The molecule has 0 saturated heterocycles. The summed E-state index contributed by atoms with van der Waals surface area (Å²) in [5, 5.41) is 11.8. The van der Waals surface area contributed by atoms with Crippen LogP contribution in [-0.4, -0.2) is 27.5 Å². The van der Waals surface area contributed by atoms with E-state index >= 15 is 0 Å². The van der Waals surface area contributed by atoms with Crippen LogP contribution in [0.1, 0.15) is 40.5 Å². The number of hydrogen-bond donors (Lipinski definition) is 2. The maximum absolute atomic E-state index is 11.7. The SMILES string of the molecule is CCC(C)(CCO)NC(=O)C(C)(C)Br. The first kappa shape index (κ1) is 13.9. The van der Waals surface area contributed by atoms with Crippen LogP contribution in [0.15, 0.2) is 0 Å². The predicted molar refractivity (Wildman–Crippen MR) is 61.5 cm³/mol. The number of carbonyl (C=O) groups is 1. The Balaban J connectivity index is 4.39. The monoisotopic (exact) mass is 265 g/mol. The number of nitrogens with one attached hydrogen (secondary N) is 1. The van der Waals surface area contributed by atoms with E-state index in [1.54, 1.807) is 13.8 Å². The lowest BCUT2D eigenvalue weighted by Crippen LogP contribution is -2.51. The molecular weight excluding hydrogens is 246 g/mol. The summed E-state index contributed by atoms with van der Waals surface area (Å²) < 4.78 is -0.557. The van der Waals surface area contributed by atoms with Gasteiger partial charge in [0.1, 0.15) is 0 Å². The van der Waals surface area contributed by atoms with Crippen LogP contribution in [0.2, 0.25) is 0 Å². The average Bonchev–Trinajstić information content (AvgIpc) is 2.03. The van der Waals surface area contributed by atoms with Gasteiger partial charge in [0.05, 0.1) is 4.32 Å². The van der Waals surface area contributed by atoms with Gasteiger partial charge >= 0.3 is 0 Å². The molecular formula is C10H20BrNO2. The van der Waals surface area contributed by atoms with Gasteiger partial charge in [0.15, 0.2) is 0 Å². The molecule has 0 spiro atoms. The van der Waals surface area contributed by atoms with Crippen molar-refractivity contribution in [1.82, 2.24) is 5.32 Å². The molecule has 84 valence electrons. The zero-order valence-electron chi connectivity index (χ0n) is 9.35. The Morgan fingerprint density at radius 3 is 2.21 bits per heavy atom. The normalized spacial score (nSPS) is 16.1. The van der Waals surface area contributed by atoms with Crippen LogP contribution in [-0.2, 0) is 4.79 Å². The third-order valence-electron chi connectivity index (χ3n) is 2.40. The second-order valence-corrected chi connectivity index (χ2v) is 6.30. The van der Waals surface area contributed by atoms with Crippen molar-refractivity contribution >= 4 is 21.8 Å². The molecule has 1 unspecified atom stereocenters. The molecule has 1 atom stereocenters. The van der Waals surface area contributed by atoms with Gasteiger partial charge < -0.3 is 10.4 Å². The van der Waals surface area contributed by atoms with Crippen molar-refractivity contribution in [1.29, 1.82) is 0 Å². The van der Waals surface area contributed by atoms with Crippen LogP contribution < -0.4 is 5.32 Å². The highest BCUT2D eigenvalue weighted by molar-refractivity contribution is 9.10. The first-order valence-electron chi connectivity index (χ1n) is 4.87. The molecule has 0 saturated carbocycles. The van der Waals surface area contributed by atoms with E-state index in [9.17, 15) is 4.79 Å². The smallest absolute Gasteiger partial charge is 0.236 e. The number of alkyl halides is 1. The van der Waals surface area contributed by atoms with Gasteiger partial charge in [0.2, 0.25) is 5.91 Å². The summed E-state index contributed by atoms with van der Waals surface area (Å²) in [5.41, 5.74) is -0.309. The van der Waals surface area contributed by atoms with Crippen molar-refractivity contribution in [2.24, 2.45) is 0 Å². The lowest BCUT2D eigenvalue weighted by Gasteiger charge is -2.31. The summed E-state index contributed by atoms with van der Waals surface area (Å²) >= 11 is 3.30. The molecule has 0 aliphatic carbocycles. The number of carbonyl (C=O) groups excluding carboxylic acids is 1. The van der Waals surface area contributed by atoms with Gasteiger partial charge in [0.25, 0.3) is 0 Å². The van der Waals surface area contributed by atoms with Crippen molar-refractivity contribution in [2.75, 3.05) is 6.61 Å². The summed E-state index contributed by atoms with van der Waals surface area (Å²) in [6.07, 6.45) is 1.39. The zero-order chi connectivity index (χ0) is 11.4. The molecule has 2 N–H and O–H groups in total. The molecule has 1 amide bonds. The molecule has 0 radical (unpaired) electrons. The zero-order valence-corrected chi connectivity index (χ0v) is 10.9. The minimum absolute atomic E-state index is 0.0460. The van der Waals surface area contributed by atoms with Gasteiger partial charge in [-0.15, -0.1) is 0 Å². The van der Waals surface area contributed by atoms with E-state index < -0.39 is 4.32 Å². The fourth-order valence-corrected chi connectivity index (χ4v) is 1.10. The quantitative estimate of drug-likeness (QED) is 0.746. The molecule has 0 heterocycles. The molecule has 0 aliphatic heterocycles. The van der Waals surface area contributed by atoms with E-state index in [0.29, 0.717) is 6.42 Å². The standard InChI is InChI=1S/C10H20BrNO2/c1-5-10(4,6-7-13)12-8(14)9(2,3)11/h13H,5-7H2,1-4H3,(H,12,14). The molecule has 3 nitrogen and oxygen atoms in total. The van der Waals surface area contributed by atoms with E-state index in [-0.39, 0.29) is 18.1 Å². The van der Waals surface area contributed by atoms with Gasteiger partial charge in [0, 0.05) is 12.1 Å². The van der Waals surface area contributed by atoms with E-state index in [1.165, 1.54) is 0 Å². The molecule has 0 rings (SSSR count). The Labute approximate surface area is 94.4 Å². The molecule has 0 bridgehead atoms. The third kappa shape index (κ3) is 4.42. The second-order valence-electron chi connectivity index (χ2n) is 4.31. The summed E-state index contributed by atoms with van der Waals surface area (Å²) in [5.74, 6) is -0.0460. The van der Waals surface area contributed by atoms with Crippen LogP contribution >= 0.6 is 15.9 Å². The van der Waals surface area contributed by atoms with Crippen molar-refractivity contribution in [3.63, 3.8) is 0 Å². The van der Waals surface area contributed by atoms with Crippen molar-refractivity contribution in [3.8, 4) is 0 Å². The Morgan fingerprint density at radius 2 is 1.93 bits per heavy atom. The van der Waals surface area contributed by atoms with Crippen LogP contribution in [0.25, 0.3) is 0 Å². The highest BCUT2D eigenvalue weighted by Gasteiger charge is 2.30. The third-order valence-corrected chi connectivity index (χ3v) is 2.76. The molecule has 0 aromatic rings. The van der Waals surface area contributed by atoms with Gasteiger partial charge in [-0.3, -0.25) is 4.79 Å². The number of amides is 1. The number of rotatable bonds is 5. The molecule has 0 aromatic heterocycles. The van der Waals surface area contributed by atoms with Crippen LogP contribution in [0, 0.1) is 0 Å². The molecule has 0 fully saturated rings. The number of hydrogen-bond acceptors (Lipinski definition) is 2. The first-order chi connectivity index (χ1) is 6.25.